The Morgan fingerprint density at radius 3 is 2.35 bits per heavy atom. The van der Waals surface area contributed by atoms with Crippen molar-refractivity contribution in [3.05, 3.63) is 29.0 Å². The summed E-state index contributed by atoms with van der Waals surface area (Å²) in [6.07, 6.45) is 3.04. The van der Waals surface area contributed by atoms with Gasteiger partial charge in [-0.3, -0.25) is 14.6 Å². The van der Waals surface area contributed by atoms with Crippen molar-refractivity contribution in [3.63, 3.8) is 0 Å². The number of nitrogens with zero attached hydrogens (tertiary/aromatic N) is 3. The minimum absolute atomic E-state index is 0.00924. The van der Waals surface area contributed by atoms with Crippen molar-refractivity contribution in [3.8, 4) is 0 Å². The molecule has 0 aromatic carbocycles. The van der Waals surface area contributed by atoms with Gasteiger partial charge in [0.2, 0.25) is 5.91 Å². The Hall–Kier alpha value is -1.62. The van der Waals surface area contributed by atoms with Crippen LogP contribution in [0.5, 0.6) is 0 Å². The van der Waals surface area contributed by atoms with E-state index >= 15 is 0 Å². The van der Waals surface area contributed by atoms with E-state index in [0.717, 1.165) is 0 Å². The standard InChI is InChI=1S/C14H18ClN3O2/c1-10(2)13(19)17-5-7-18(8-6-17)14(20)11-9-16-4-3-12(11)15/h3-4,9-10H,5-8H2,1-2H3. The first kappa shape index (κ1) is 14.8. The fraction of sp³-hybridized carbons (Fsp3) is 0.500. The molecule has 0 N–H and O–H groups in total. The number of piperazine rings is 1. The van der Waals surface area contributed by atoms with E-state index in [9.17, 15) is 9.59 Å². The summed E-state index contributed by atoms with van der Waals surface area (Å²) in [5, 5.41) is 0.408. The van der Waals surface area contributed by atoms with Crippen LogP contribution in [0.1, 0.15) is 24.2 Å². The Morgan fingerprint density at radius 1 is 1.20 bits per heavy atom. The molecule has 1 aromatic rings. The highest BCUT2D eigenvalue weighted by molar-refractivity contribution is 6.33. The van der Waals surface area contributed by atoms with Gasteiger partial charge in [-0.2, -0.15) is 0 Å². The summed E-state index contributed by atoms with van der Waals surface area (Å²) in [5.41, 5.74) is 0.415. The Labute approximate surface area is 123 Å². The molecule has 1 saturated heterocycles. The fourth-order valence-corrected chi connectivity index (χ4v) is 2.39. The molecule has 0 atom stereocenters. The zero-order valence-corrected chi connectivity index (χ0v) is 12.4. The van der Waals surface area contributed by atoms with E-state index in [1.54, 1.807) is 22.1 Å². The van der Waals surface area contributed by atoms with E-state index in [1.807, 2.05) is 13.8 Å². The lowest BCUT2D eigenvalue weighted by atomic mass is 10.1. The largest absolute Gasteiger partial charge is 0.339 e. The molecule has 0 radical (unpaired) electrons. The number of rotatable bonds is 2. The number of halogens is 1. The van der Waals surface area contributed by atoms with E-state index in [4.69, 9.17) is 11.6 Å². The number of pyridine rings is 1. The zero-order valence-electron chi connectivity index (χ0n) is 11.7. The van der Waals surface area contributed by atoms with Crippen LogP contribution in [-0.4, -0.2) is 52.8 Å². The van der Waals surface area contributed by atoms with Gasteiger partial charge in [0.15, 0.2) is 0 Å². The normalized spacial score (nSPS) is 15.6. The topological polar surface area (TPSA) is 53.5 Å². The summed E-state index contributed by atoms with van der Waals surface area (Å²) >= 11 is 6.01. The van der Waals surface area contributed by atoms with Gasteiger partial charge in [0, 0.05) is 44.5 Å². The average Bonchev–Trinajstić information content (AvgIpc) is 2.46. The smallest absolute Gasteiger partial charge is 0.257 e. The van der Waals surface area contributed by atoms with Crippen LogP contribution in [0, 0.1) is 5.92 Å². The van der Waals surface area contributed by atoms with Gasteiger partial charge in [-0.15, -0.1) is 0 Å². The summed E-state index contributed by atoms with van der Waals surface area (Å²) in [4.78, 5) is 31.7. The van der Waals surface area contributed by atoms with Crippen LogP contribution in [0.25, 0.3) is 0 Å². The van der Waals surface area contributed by atoms with Gasteiger partial charge < -0.3 is 9.80 Å². The Morgan fingerprint density at radius 2 is 1.80 bits per heavy atom. The molecule has 0 spiro atoms. The van der Waals surface area contributed by atoms with Crippen LogP contribution < -0.4 is 0 Å². The molecule has 108 valence electrons. The average molecular weight is 296 g/mol. The number of hydrogen-bond donors (Lipinski definition) is 0. The molecule has 0 unspecified atom stereocenters. The van der Waals surface area contributed by atoms with Crippen LogP contribution in [0.4, 0.5) is 0 Å². The van der Waals surface area contributed by atoms with Crippen molar-refractivity contribution in [1.82, 2.24) is 14.8 Å². The summed E-state index contributed by atoms with van der Waals surface area (Å²) in [6.45, 7) is 5.97. The fourth-order valence-electron chi connectivity index (χ4n) is 2.20. The predicted octanol–water partition coefficient (Wildman–Crippen LogP) is 1.68. The SMILES string of the molecule is CC(C)C(=O)N1CCN(C(=O)c2cnccc2Cl)CC1. The van der Waals surface area contributed by atoms with Crippen molar-refractivity contribution >= 4 is 23.4 Å². The second-order valence-corrected chi connectivity index (χ2v) is 5.53. The van der Waals surface area contributed by atoms with Crippen LogP contribution in [-0.2, 0) is 4.79 Å². The van der Waals surface area contributed by atoms with E-state index in [2.05, 4.69) is 4.98 Å². The van der Waals surface area contributed by atoms with Crippen molar-refractivity contribution in [1.29, 1.82) is 0 Å². The monoisotopic (exact) mass is 295 g/mol. The maximum atomic E-state index is 12.3. The maximum absolute atomic E-state index is 12.3. The number of hydrogen-bond acceptors (Lipinski definition) is 3. The van der Waals surface area contributed by atoms with Gasteiger partial charge in [0.25, 0.3) is 5.91 Å². The maximum Gasteiger partial charge on any atom is 0.257 e. The third-order valence-corrected chi connectivity index (χ3v) is 3.70. The van der Waals surface area contributed by atoms with E-state index in [-0.39, 0.29) is 17.7 Å². The number of amides is 2. The lowest BCUT2D eigenvalue weighted by Crippen LogP contribution is -2.51. The first-order valence-corrected chi connectivity index (χ1v) is 7.06. The highest BCUT2D eigenvalue weighted by Crippen LogP contribution is 2.17. The predicted molar refractivity (Wildman–Crippen MR) is 76.6 cm³/mol. The number of carbonyl (C=O) groups is 2. The second kappa shape index (κ2) is 6.22. The summed E-state index contributed by atoms with van der Waals surface area (Å²) < 4.78 is 0. The third-order valence-electron chi connectivity index (χ3n) is 3.37. The van der Waals surface area contributed by atoms with E-state index in [1.165, 1.54) is 6.20 Å². The Bertz CT molecular complexity index is 511. The van der Waals surface area contributed by atoms with Gasteiger partial charge in [-0.1, -0.05) is 25.4 Å². The van der Waals surface area contributed by atoms with Gasteiger partial charge >= 0.3 is 0 Å². The molecular formula is C14H18ClN3O2. The molecule has 1 fully saturated rings. The van der Waals surface area contributed by atoms with E-state index < -0.39 is 0 Å². The quantitative estimate of drug-likeness (QED) is 0.834. The van der Waals surface area contributed by atoms with Gasteiger partial charge in [0.05, 0.1) is 10.6 Å². The molecule has 1 aliphatic heterocycles. The molecule has 2 amide bonds. The second-order valence-electron chi connectivity index (χ2n) is 5.13. The third kappa shape index (κ3) is 3.10. The molecule has 6 heteroatoms. The lowest BCUT2D eigenvalue weighted by molar-refractivity contribution is -0.135. The Balaban J connectivity index is 1.99. The van der Waals surface area contributed by atoms with Crippen LogP contribution in [0.15, 0.2) is 18.5 Å². The molecule has 5 nitrogen and oxygen atoms in total. The molecule has 0 bridgehead atoms. The Kier molecular flexibility index (Phi) is 4.60. The lowest BCUT2D eigenvalue weighted by Gasteiger charge is -2.35. The number of aromatic nitrogens is 1. The first-order chi connectivity index (χ1) is 9.50. The minimum Gasteiger partial charge on any atom is -0.339 e. The molecule has 1 aliphatic rings. The molecule has 2 rings (SSSR count). The van der Waals surface area contributed by atoms with Crippen LogP contribution in [0.3, 0.4) is 0 Å². The molecule has 2 heterocycles. The summed E-state index contributed by atoms with van der Waals surface area (Å²) in [6, 6.07) is 1.60. The highest BCUT2D eigenvalue weighted by Gasteiger charge is 2.26. The molecule has 1 aromatic heterocycles. The molecule has 20 heavy (non-hydrogen) atoms. The molecule has 0 saturated carbocycles. The first-order valence-electron chi connectivity index (χ1n) is 6.68. The van der Waals surface area contributed by atoms with Crippen molar-refractivity contribution in [2.24, 2.45) is 5.92 Å². The van der Waals surface area contributed by atoms with E-state index in [0.29, 0.717) is 36.8 Å². The molecular weight excluding hydrogens is 278 g/mol. The van der Waals surface area contributed by atoms with Crippen LogP contribution >= 0.6 is 11.6 Å². The van der Waals surface area contributed by atoms with Gasteiger partial charge in [0.1, 0.15) is 0 Å². The van der Waals surface area contributed by atoms with Crippen molar-refractivity contribution < 1.29 is 9.59 Å². The summed E-state index contributed by atoms with van der Waals surface area (Å²) in [5.74, 6) is 0.00118. The number of carbonyl (C=O) groups excluding carboxylic acids is 2. The highest BCUT2D eigenvalue weighted by atomic mass is 35.5. The van der Waals surface area contributed by atoms with Crippen molar-refractivity contribution in [2.45, 2.75) is 13.8 Å². The summed E-state index contributed by atoms with van der Waals surface area (Å²) in [7, 11) is 0. The zero-order chi connectivity index (χ0) is 14.7. The minimum atomic E-state index is -0.125. The van der Waals surface area contributed by atoms with Gasteiger partial charge in [-0.05, 0) is 6.07 Å². The van der Waals surface area contributed by atoms with Crippen molar-refractivity contribution in [2.75, 3.05) is 26.2 Å². The molecule has 0 aliphatic carbocycles. The van der Waals surface area contributed by atoms with Crippen LogP contribution in [0.2, 0.25) is 5.02 Å². The van der Waals surface area contributed by atoms with Gasteiger partial charge in [-0.25, -0.2) is 0 Å².